The van der Waals surface area contributed by atoms with Crippen molar-refractivity contribution < 1.29 is 14.3 Å². The minimum atomic E-state index is 0.0573. The Morgan fingerprint density at radius 2 is 1.95 bits per heavy atom. The molecule has 3 fully saturated rings. The van der Waals surface area contributed by atoms with Gasteiger partial charge in [0.1, 0.15) is 0 Å². The molecular formula is C18H31NO3. The van der Waals surface area contributed by atoms with Crippen LogP contribution in [-0.2, 0) is 14.3 Å². The molecule has 1 aliphatic carbocycles. The Balaban J connectivity index is 1.47. The summed E-state index contributed by atoms with van der Waals surface area (Å²) in [6, 6.07) is 0. The number of piperidine rings is 1. The molecule has 126 valence electrons. The highest BCUT2D eigenvalue weighted by Crippen LogP contribution is 2.40. The highest BCUT2D eigenvalue weighted by molar-refractivity contribution is 5.79. The summed E-state index contributed by atoms with van der Waals surface area (Å²) in [5.74, 6) is 1.37. The van der Waals surface area contributed by atoms with Crippen LogP contribution in [0.25, 0.3) is 0 Å². The van der Waals surface area contributed by atoms with Crippen molar-refractivity contribution in [2.75, 3.05) is 33.4 Å². The lowest BCUT2D eigenvalue weighted by Crippen LogP contribution is -2.48. The normalized spacial score (nSPS) is 29.1. The summed E-state index contributed by atoms with van der Waals surface area (Å²) < 4.78 is 11.4. The van der Waals surface area contributed by atoms with Crippen LogP contribution in [0.1, 0.15) is 57.8 Å². The molecular weight excluding hydrogens is 278 g/mol. The number of amides is 1. The summed E-state index contributed by atoms with van der Waals surface area (Å²) in [4.78, 5) is 14.7. The van der Waals surface area contributed by atoms with E-state index in [0.717, 1.165) is 64.8 Å². The number of hydrogen-bond acceptors (Lipinski definition) is 3. The molecule has 4 nitrogen and oxygen atoms in total. The summed E-state index contributed by atoms with van der Waals surface area (Å²) in [5.41, 5.74) is 0.0573. The number of carbonyl (C=O) groups is 1. The van der Waals surface area contributed by atoms with Crippen LogP contribution in [0.2, 0.25) is 0 Å². The summed E-state index contributed by atoms with van der Waals surface area (Å²) in [6.07, 6.45) is 10.3. The Labute approximate surface area is 134 Å². The second-order valence-corrected chi connectivity index (χ2v) is 7.51. The van der Waals surface area contributed by atoms with Gasteiger partial charge in [-0.15, -0.1) is 0 Å². The minimum Gasteiger partial charge on any atom is -0.385 e. The first kappa shape index (κ1) is 16.3. The predicted octanol–water partition coefficient (Wildman–Crippen LogP) is 3.00. The molecule has 0 bridgehead atoms. The molecule has 3 aliphatic rings. The van der Waals surface area contributed by atoms with Crippen LogP contribution in [0.4, 0.5) is 0 Å². The maximum Gasteiger partial charge on any atom is 0.225 e. The van der Waals surface area contributed by atoms with Crippen molar-refractivity contribution in [1.82, 2.24) is 4.90 Å². The van der Waals surface area contributed by atoms with E-state index < -0.39 is 0 Å². The Bertz CT molecular complexity index is 371. The Hall–Kier alpha value is -0.610. The zero-order valence-corrected chi connectivity index (χ0v) is 14.0. The maximum atomic E-state index is 12.6. The fourth-order valence-corrected chi connectivity index (χ4v) is 4.50. The molecule has 1 amide bonds. The summed E-state index contributed by atoms with van der Waals surface area (Å²) in [7, 11) is 1.76. The quantitative estimate of drug-likeness (QED) is 0.801. The van der Waals surface area contributed by atoms with Gasteiger partial charge in [0.25, 0.3) is 0 Å². The third-order valence-corrected chi connectivity index (χ3v) is 5.96. The molecule has 3 rings (SSSR count). The topological polar surface area (TPSA) is 38.8 Å². The van der Waals surface area contributed by atoms with Crippen LogP contribution in [0, 0.1) is 11.8 Å². The van der Waals surface area contributed by atoms with Crippen LogP contribution in [-0.4, -0.2) is 49.8 Å². The molecule has 1 spiro atoms. The van der Waals surface area contributed by atoms with Crippen molar-refractivity contribution in [2.24, 2.45) is 11.8 Å². The van der Waals surface area contributed by atoms with E-state index in [4.69, 9.17) is 9.47 Å². The monoisotopic (exact) mass is 309 g/mol. The van der Waals surface area contributed by atoms with Crippen LogP contribution in [0.3, 0.4) is 0 Å². The lowest BCUT2D eigenvalue weighted by atomic mass is 9.83. The first-order valence-electron chi connectivity index (χ1n) is 9.14. The maximum absolute atomic E-state index is 12.6. The minimum absolute atomic E-state index is 0.0573. The standard InChI is InChI=1S/C18H31NO3/c1-21-12-7-15-13-18(22-14-15)8-10-19(11-9-18)17(20)16-5-3-2-4-6-16/h15-16H,2-14H2,1H3/t15-/m0/s1. The molecule has 2 heterocycles. The first-order valence-corrected chi connectivity index (χ1v) is 9.14. The molecule has 0 radical (unpaired) electrons. The second kappa shape index (κ2) is 7.31. The third-order valence-electron chi connectivity index (χ3n) is 5.96. The lowest BCUT2D eigenvalue weighted by molar-refractivity contribution is -0.141. The van der Waals surface area contributed by atoms with Crippen molar-refractivity contribution in [2.45, 2.75) is 63.4 Å². The van der Waals surface area contributed by atoms with Crippen LogP contribution >= 0.6 is 0 Å². The van der Waals surface area contributed by atoms with Gasteiger partial charge in [0.15, 0.2) is 0 Å². The van der Waals surface area contributed by atoms with Gasteiger partial charge >= 0.3 is 0 Å². The molecule has 0 aromatic heterocycles. The van der Waals surface area contributed by atoms with Gasteiger partial charge in [-0.25, -0.2) is 0 Å². The molecule has 0 aromatic rings. The van der Waals surface area contributed by atoms with Crippen molar-refractivity contribution in [1.29, 1.82) is 0 Å². The summed E-state index contributed by atoms with van der Waals surface area (Å²) in [5, 5.41) is 0. The number of hydrogen-bond donors (Lipinski definition) is 0. The average Bonchev–Trinajstić information content (AvgIpc) is 2.96. The number of likely N-dealkylation sites (tertiary alicyclic amines) is 1. The van der Waals surface area contributed by atoms with Crippen molar-refractivity contribution in [3.8, 4) is 0 Å². The molecule has 2 saturated heterocycles. The van der Waals surface area contributed by atoms with Crippen LogP contribution in [0.15, 0.2) is 0 Å². The smallest absolute Gasteiger partial charge is 0.225 e. The Morgan fingerprint density at radius 1 is 1.23 bits per heavy atom. The fraction of sp³-hybridized carbons (Fsp3) is 0.944. The molecule has 1 atom stereocenters. The lowest BCUT2D eigenvalue weighted by Gasteiger charge is -2.40. The highest BCUT2D eigenvalue weighted by Gasteiger charge is 2.43. The number of ether oxygens (including phenoxy) is 2. The van der Waals surface area contributed by atoms with Crippen LogP contribution < -0.4 is 0 Å². The second-order valence-electron chi connectivity index (χ2n) is 7.51. The largest absolute Gasteiger partial charge is 0.385 e. The van der Waals surface area contributed by atoms with Crippen LogP contribution in [0.5, 0.6) is 0 Å². The fourth-order valence-electron chi connectivity index (χ4n) is 4.50. The van der Waals surface area contributed by atoms with Crippen molar-refractivity contribution in [3.63, 3.8) is 0 Å². The molecule has 0 N–H and O–H groups in total. The van der Waals surface area contributed by atoms with Gasteiger partial charge in [-0.3, -0.25) is 4.79 Å². The zero-order valence-electron chi connectivity index (χ0n) is 14.0. The van der Waals surface area contributed by atoms with E-state index in [0.29, 0.717) is 17.7 Å². The molecule has 22 heavy (non-hydrogen) atoms. The van der Waals surface area contributed by atoms with E-state index in [1.165, 1.54) is 19.3 Å². The van der Waals surface area contributed by atoms with Gasteiger partial charge < -0.3 is 14.4 Å². The van der Waals surface area contributed by atoms with E-state index in [-0.39, 0.29) is 5.60 Å². The van der Waals surface area contributed by atoms with Crippen molar-refractivity contribution >= 4 is 5.91 Å². The van der Waals surface area contributed by atoms with Gasteiger partial charge in [-0.2, -0.15) is 0 Å². The van der Waals surface area contributed by atoms with E-state index in [2.05, 4.69) is 4.90 Å². The summed E-state index contributed by atoms with van der Waals surface area (Å²) in [6.45, 7) is 3.50. The highest BCUT2D eigenvalue weighted by atomic mass is 16.5. The van der Waals surface area contributed by atoms with Crippen molar-refractivity contribution in [3.05, 3.63) is 0 Å². The van der Waals surface area contributed by atoms with E-state index in [1.807, 2.05) is 0 Å². The van der Waals surface area contributed by atoms with Gasteiger partial charge in [0.05, 0.1) is 12.2 Å². The summed E-state index contributed by atoms with van der Waals surface area (Å²) >= 11 is 0. The van der Waals surface area contributed by atoms with E-state index >= 15 is 0 Å². The Kier molecular flexibility index (Phi) is 5.40. The molecule has 2 aliphatic heterocycles. The Morgan fingerprint density at radius 3 is 2.64 bits per heavy atom. The first-order chi connectivity index (χ1) is 10.7. The van der Waals surface area contributed by atoms with Gasteiger partial charge in [-0.05, 0) is 44.4 Å². The van der Waals surface area contributed by atoms with E-state index in [1.54, 1.807) is 7.11 Å². The molecule has 1 saturated carbocycles. The number of methoxy groups -OCH3 is 1. The molecule has 0 unspecified atom stereocenters. The predicted molar refractivity (Wildman–Crippen MR) is 85.7 cm³/mol. The SMILES string of the molecule is COCC[C@@H]1COC2(CCN(C(=O)C3CCCCC3)CC2)C1. The zero-order chi connectivity index (χ0) is 15.4. The number of rotatable bonds is 4. The molecule has 4 heteroatoms. The average molecular weight is 309 g/mol. The third kappa shape index (κ3) is 3.65. The number of carbonyl (C=O) groups excluding carboxylic acids is 1. The number of nitrogens with zero attached hydrogens (tertiary/aromatic N) is 1. The van der Waals surface area contributed by atoms with Gasteiger partial charge in [-0.1, -0.05) is 19.3 Å². The molecule has 0 aromatic carbocycles. The van der Waals surface area contributed by atoms with E-state index in [9.17, 15) is 4.79 Å². The van der Waals surface area contributed by atoms with Gasteiger partial charge in [0, 0.05) is 32.7 Å². The van der Waals surface area contributed by atoms with Gasteiger partial charge in [0.2, 0.25) is 5.91 Å².